The summed E-state index contributed by atoms with van der Waals surface area (Å²) in [6.07, 6.45) is 6.20. The van der Waals surface area contributed by atoms with Gasteiger partial charge >= 0.3 is 0 Å². The molecule has 2 nitrogen and oxygen atoms in total. The van der Waals surface area contributed by atoms with E-state index < -0.39 is 0 Å². The Hall–Kier alpha value is -1.32. The quantitative estimate of drug-likeness (QED) is 0.897. The van der Waals surface area contributed by atoms with Crippen molar-refractivity contribution in [1.82, 2.24) is 10.3 Å². The minimum absolute atomic E-state index is 0.371. The highest BCUT2D eigenvalue weighted by molar-refractivity contribution is 8.00. The van der Waals surface area contributed by atoms with Crippen molar-refractivity contribution < 1.29 is 0 Å². The molecular weight excluding hydrogens is 276 g/mol. The summed E-state index contributed by atoms with van der Waals surface area (Å²) in [5.41, 5.74) is 4.16. The molecule has 0 spiro atoms. The number of rotatable bonds is 5. The van der Waals surface area contributed by atoms with E-state index in [-0.39, 0.29) is 0 Å². The summed E-state index contributed by atoms with van der Waals surface area (Å²) in [5.74, 6) is 0. The predicted molar refractivity (Wildman–Crippen MR) is 89.8 cm³/mol. The summed E-state index contributed by atoms with van der Waals surface area (Å²) in [4.78, 5) is 5.78. The number of benzene rings is 1. The molecule has 1 aromatic carbocycles. The van der Waals surface area contributed by atoms with Crippen molar-refractivity contribution in [3.63, 3.8) is 0 Å². The molecule has 2 heterocycles. The standard InChI is InChI=1S/C18H22N2S/c1-3-9-20-18(15-12-19-10-8-13(15)2)17-11-14-6-4-5-7-16(14)21-17/h4-8,10,12,17-18,20H,3,9,11H2,1-2H3. The van der Waals surface area contributed by atoms with Gasteiger partial charge in [0.2, 0.25) is 0 Å². The molecule has 2 aromatic rings. The zero-order valence-corrected chi connectivity index (χ0v) is 13.5. The van der Waals surface area contributed by atoms with E-state index in [4.69, 9.17) is 0 Å². The molecule has 1 aromatic heterocycles. The lowest BCUT2D eigenvalue weighted by atomic mass is 9.97. The Bertz CT molecular complexity index is 587. The summed E-state index contributed by atoms with van der Waals surface area (Å²) in [6, 6.07) is 11.3. The van der Waals surface area contributed by atoms with Crippen LogP contribution in [0.25, 0.3) is 0 Å². The normalized spacial score (nSPS) is 18.5. The van der Waals surface area contributed by atoms with Crippen LogP contribution in [0.2, 0.25) is 0 Å². The smallest absolute Gasteiger partial charge is 0.0465 e. The Kier molecular flexibility index (Phi) is 4.61. The molecule has 0 saturated carbocycles. The molecule has 1 aliphatic rings. The van der Waals surface area contributed by atoms with Crippen molar-refractivity contribution in [2.45, 2.75) is 42.9 Å². The third-order valence-electron chi connectivity index (χ3n) is 4.07. The van der Waals surface area contributed by atoms with Crippen molar-refractivity contribution in [1.29, 1.82) is 0 Å². The zero-order valence-electron chi connectivity index (χ0n) is 12.7. The van der Waals surface area contributed by atoms with Gasteiger partial charge in [0, 0.05) is 28.6 Å². The second kappa shape index (κ2) is 6.63. The van der Waals surface area contributed by atoms with Gasteiger partial charge in [0.15, 0.2) is 0 Å². The molecule has 0 radical (unpaired) electrons. The van der Waals surface area contributed by atoms with Crippen LogP contribution in [-0.2, 0) is 6.42 Å². The van der Waals surface area contributed by atoms with Gasteiger partial charge in [-0.2, -0.15) is 0 Å². The Labute approximate surface area is 131 Å². The van der Waals surface area contributed by atoms with Crippen LogP contribution >= 0.6 is 11.8 Å². The molecule has 0 bridgehead atoms. The largest absolute Gasteiger partial charge is 0.309 e. The van der Waals surface area contributed by atoms with Crippen LogP contribution in [0, 0.1) is 6.92 Å². The van der Waals surface area contributed by atoms with Gasteiger partial charge in [-0.05, 0) is 55.1 Å². The molecule has 3 rings (SSSR count). The highest BCUT2D eigenvalue weighted by atomic mass is 32.2. The van der Waals surface area contributed by atoms with Crippen LogP contribution in [0.15, 0.2) is 47.6 Å². The molecule has 1 N–H and O–H groups in total. The van der Waals surface area contributed by atoms with Gasteiger partial charge in [-0.1, -0.05) is 25.1 Å². The maximum absolute atomic E-state index is 4.35. The number of hydrogen-bond donors (Lipinski definition) is 1. The first-order chi connectivity index (χ1) is 10.3. The number of fused-ring (bicyclic) bond motifs is 1. The first-order valence-electron chi connectivity index (χ1n) is 7.68. The lowest BCUT2D eigenvalue weighted by Gasteiger charge is -2.25. The molecule has 0 aliphatic carbocycles. The molecule has 21 heavy (non-hydrogen) atoms. The fourth-order valence-corrected chi connectivity index (χ4v) is 4.37. The van der Waals surface area contributed by atoms with Gasteiger partial charge in [0.1, 0.15) is 0 Å². The fourth-order valence-electron chi connectivity index (χ4n) is 2.94. The number of pyridine rings is 1. The summed E-state index contributed by atoms with van der Waals surface area (Å²) >= 11 is 2.01. The van der Waals surface area contributed by atoms with E-state index in [1.165, 1.54) is 21.6 Å². The second-order valence-electron chi connectivity index (χ2n) is 5.63. The highest BCUT2D eigenvalue weighted by Crippen LogP contribution is 2.42. The van der Waals surface area contributed by atoms with Crippen LogP contribution < -0.4 is 5.32 Å². The summed E-state index contributed by atoms with van der Waals surface area (Å²) in [5, 5.41) is 4.30. The van der Waals surface area contributed by atoms with Crippen molar-refractivity contribution in [3.8, 4) is 0 Å². The van der Waals surface area contributed by atoms with E-state index in [1.54, 1.807) is 0 Å². The summed E-state index contributed by atoms with van der Waals surface area (Å²) < 4.78 is 0. The Morgan fingerprint density at radius 1 is 1.33 bits per heavy atom. The van der Waals surface area contributed by atoms with Crippen molar-refractivity contribution >= 4 is 11.8 Å². The summed E-state index contributed by atoms with van der Waals surface area (Å²) in [7, 11) is 0. The lowest BCUT2D eigenvalue weighted by Crippen LogP contribution is -2.31. The van der Waals surface area contributed by atoms with Crippen molar-refractivity contribution in [2.75, 3.05) is 6.54 Å². The molecule has 110 valence electrons. The molecular formula is C18H22N2S. The fraction of sp³-hybridized carbons (Fsp3) is 0.389. The Morgan fingerprint density at radius 3 is 2.95 bits per heavy atom. The van der Waals surface area contributed by atoms with Crippen LogP contribution in [0.3, 0.4) is 0 Å². The molecule has 2 atom stereocenters. The van der Waals surface area contributed by atoms with Gasteiger partial charge in [-0.25, -0.2) is 0 Å². The second-order valence-corrected chi connectivity index (χ2v) is 6.91. The Balaban J connectivity index is 1.86. The van der Waals surface area contributed by atoms with E-state index in [0.29, 0.717) is 11.3 Å². The van der Waals surface area contributed by atoms with Crippen LogP contribution in [0.5, 0.6) is 0 Å². The number of nitrogens with zero attached hydrogens (tertiary/aromatic N) is 1. The van der Waals surface area contributed by atoms with Crippen LogP contribution in [0.4, 0.5) is 0 Å². The molecule has 0 saturated heterocycles. The van der Waals surface area contributed by atoms with Gasteiger partial charge < -0.3 is 5.32 Å². The van der Waals surface area contributed by atoms with Crippen molar-refractivity contribution in [3.05, 3.63) is 59.4 Å². The number of aryl methyl sites for hydroxylation is 1. The zero-order chi connectivity index (χ0) is 14.7. The maximum Gasteiger partial charge on any atom is 0.0465 e. The number of aromatic nitrogens is 1. The van der Waals surface area contributed by atoms with Gasteiger partial charge in [0.05, 0.1) is 0 Å². The third-order valence-corrected chi connectivity index (χ3v) is 5.47. The predicted octanol–water partition coefficient (Wildman–Crippen LogP) is 4.15. The van der Waals surface area contributed by atoms with Crippen LogP contribution in [-0.4, -0.2) is 16.8 Å². The van der Waals surface area contributed by atoms with E-state index in [2.05, 4.69) is 54.5 Å². The first-order valence-corrected chi connectivity index (χ1v) is 8.56. The van der Waals surface area contributed by atoms with Gasteiger partial charge in [0.25, 0.3) is 0 Å². The minimum atomic E-state index is 0.371. The van der Waals surface area contributed by atoms with E-state index >= 15 is 0 Å². The third kappa shape index (κ3) is 3.14. The number of nitrogens with one attached hydrogen (secondary N) is 1. The monoisotopic (exact) mass is 298 g/mol. The SMILES string of the molecule is CCCNC(c1cnccc1C)C1Cc2ccccc2S1. The number of hydrogen-bond acceptors (Lipinski definition) is 3. The number of thioether (sulfide) groups is 1. The Morgan fingerprint density at radius 2 is 2.19 bits per heavy atom. The topological polar surface area (TPSA) is 24.9 Å². The highest BCUT2D eigenvalue weighted by Gasteiger charge is 2.30. The molecule has 3 heteroatoms. The molecule has 1 aliphatic heterocycles. The van der Waals surface area contributed by atoms with E-state index in [9.17, 15) is 0 Å². The van der Waals surface area contributed by atoms with Gasteiger partial charge in [-0.15, -0.1) is 11.8 Å². The maximum atomic E-state index is 4.35. The molecule has 2 unspecified atom stereocenters. The average molecular weight is 298 g/mol. The molecule has 0 amide bonds. The minimum Gasteiger partial charge on any atom is -0.309 e. The first kappa shape index (κ1) is 14.6. The van der Waals surface area contributed by atoms with E-state index in [1.807, 2.05) is 24.2 Å². The van der Waals surface area contributed by atoms with Gasteiger partial charge in [-0.3, -0.25) is 4.98 Å². The molecule has 0 fully saturated rings. The van der Waals surface area contributed by atoms with Crippen LogP contribution in [0.1, 0.15) is 36.1 Å². The lowest BCUT2D eigenvalue weighted by molar-refractivity contribution is 0.510. The van der Waals surface area contributed by atoms with Crippen molar-refractivity contribution in [2.24, 2.45) is 0 Å². The summed E-state index contributed by atoms with van der Waals surface area (Å²) in [6.45, 7) is 5.45. The average Bonchev–Trinajstić information content (AvgIpc) is 2.93. The van der Waals surface area contributed by atoms with E-state index in [0.717, 1.165) is 19.4 Å².